The van der Waals surface area contributed by atoms with Crippen LogP contribution in [0.3, 0.4) is 0 Å². The van der Waals surface area contributed by atoms with Crippen molar-refractivity contribution in [2.45, 2.75) is 19.6 Å². The number of azo groups is 2. The van der Waals surface area contributed by atoms with Crippen molar-refractivity contribution in [3.8, 4) is 17.2 Å². The van der Waals surface area contributed by atoms with E-state index in [0.717, 1.165) is 38.5 Å². The Morgan fingerprint density at radius 3 is 1.87 bits per heavy atom. The molecule has 0 fully saturated rings. The topological polar surface area (TPSA) is 438 Å². The Labute approximate surface area is 505 Å². The molecule has 4 rings (SSSR count). The Hall–Kier alpha value is 0.110. The number of methoxy groups -OCH3 is 2. The Balaban J connectivity index is 0. The molecule has 0 unspecified atom stereocenters. The molecule has 3 N–H and O–H groups in total. The minimum absolute atomic E-state index is 0. The fourth-order valence-electron chi connectivity index (χ4n) is 5.04. The summed E-state index contributed by atoms with van der Waals surface area (Å²) >= 11 is 0.157. The van der Waals surface area contributed by atoms with Crippen LogP contribution in [-0.4, -0.2) is 92.8 Å². The van der Waals surface area contributed by atoms with Crippen LogP contribution in [0.25, 0.3) is 10.8 Å². The second kappa shape index (κ2) is 31.1. The summed E-state index contributed by atoms with van der Waals surface area (Å²) in [4.78, 5) is 9.13. The molecular formula is C29H24N5Na5O23S6. The molecular weight excluding hydrogens is 1090 g/mol. The van der Waals surface area contributed by atoms with Gasteiger partial charge in [0.25, 0.3) is 0 Å². The van der Waals surface area contributed by atoms with Crippen molar-refractivity contribution in [3.63, 3.8) is 0 Å². The van der Waals surface area contributed by atoms with Gasteiger partial charge in [0.2, 0.25) is 10.4 Å². The number of hydrogen-bond acceptors (Lipinski definition) is 30. The van der Waals surface area contributed by atoms with E-state index in [1.807, 2.05) is 0 Å². The van der Waals surface area contributed by atoms with Crippen molar-refractivity contribution >= 4 is 110 Å². The van der Waals surface area contributed by atoms with Crippen LogP contribution in [0.4, 0.5) is 28.4 Å². The first kappa shape index (κ1) is 70.2. The summed E-state index contributed by atoms with van der Waals surface area (Å²) in [5.74, 6) is -5.30. The summed E-state index contributed by atoms with van der Waals surface area (Å²) in [5.41, 5.74) is 1.77. The van der Waals surface area contributed by atoms with Crippen LogP contribution in [0.2, 0.25) is 0 Å². The molecule has 0 radical (unpaired) electrons. The average molecular weight is 1120 g/mol. The number of nitrogen functional groups attached to an aromatic ring is 1. The number of phenols is 1. The first-order valence-corrected chi connectivity index (χ1v) is 23.4. The van der Waals surface area contributed by atoms with Crippen LogP contribution in [0.5, 0.6) is 17.2 Å². The van der Waals surface area contributed by atoms with Crippen LogP contribution < -0.4 is 179 Å². The van der Waals surface area contributed by atoms with E-state index in [-0.39, 0.29) is 200 Å². The maximum Gasteiger partial charge on any atom is 1.00 e. The largest absolute Gasteiger partial charge is 1.00 e. The SMILES string of the molecule is COc1cc(S(=O)(=O)CCOSOO[O-])c(OC)cc1N=Nc1c(SOO[O-])cc2cc(S(=O)(=O)[O-])c(N=Nc3cc(S(=O)(=O)CCOS(=O)(=O)[O-])ccc3C(=O)[O-])c(N)c2c1O.[Na+].[Na+].[Na+].[Na+].[Na+]. The minimum atomic E-state index is -5.60. The number of benzene rings is 4. The molecule has 0 aromatic heterocycles. The molecule has 0 spiro atoms. The predicted octanol–water partition coefficient (Wildman–Crippen LogP) is -14.7. The number of aromatic hydroxyl groups is 1. The smallest absolute Gasteiger partial charge is 0.744 e. The molecule has 28 nitrogen and oxygen atoms in total. The van der Waals surface area contributed by atoms with E-state index in [1.54, 1.807) is 0 Å². The Bertz CT molecular complexity index is 2920. The van der Waals surface area contributed by atoms with Crippen LogP contribution in [0, 0.1) is 0 Å². The number of fused-ring (bicyclic) bond motifs is 1. The first-order valence-electron chi connectivity index (χ1n) is 16.0. The normalized spacial score (nSPS) is 11.8. The number of rotatable bonds is 23. The van der Waals surface area contributed by atoms with E-state index in [4.69, 9.17) is 19.4 Å². The standard InChI is InChI=1S/C29H29N5O23S6.5Na/c1-50-19-13-22(61(42,43)7-5-52-59-57-55-39)20(51-2)12-18(19)32-33-26-21(58-56-54-38)9-14-10-23(62(44,45)46)27(25(30)24(14)28(26)35)34-31-17-11-15(3-4-16(17)29(36)37)60(40,41)8-6-53-63(47,48)49;;;;;/h3-4,9-13,35,38-39H,5-8,30H2,1-2H3,(H,36,37)(H,44,45,46)(H,47,48,49);;;;;/q;5*+1/p-5. The number of carboxylic acids is 1. The summed E-state index contributed by atoms with van der Waals surface area (Å²) in [6, 6.07) is 5.63. The molecule has 4 aromatic rings. The third-order valence-electron chi connectivity index (χ3n) is 7.72. The molecule has 0 aliphatic rings. The van der Waals surface area contributed by atoms with Gasteiger partial charge in [-0.05, 0) is 35.7 Å². The van der Waals surface area contributed by atoms with E-state index in [9.17, 15) is 68.3 Å². The van der Waals surface area contributed by atoms with Crippen LogP contribution >= 0.6 is 24.4 Å². The molecule has 0 amide bonds. The third-order valence-corrected chi connectivity index (χ3v) is 13.4. The zero-order chi connectivity index (χ0) is 46.9. The van der Waals surface area contributed by atoms with Crippen molar-refractivity contribution < 1.29 is 253 Å². The number of carbonyl (C=O) groups excluding carboxylic acids is 1. The number of aromatic carboxylic acids is 1. The Morgan fingerprint density at radius 2 is 1.31 bits per heavy atom. The van der Waals surface area contributed by atoms with Gasteiger partial charge in [-0.25, -0.2) is 33.7 Å². The van der Waals surface area contributed by atoms with Crippen LogP contribution in [-0.2, 0) is 67.3 Å². The first-order chi connectivity index (χ1) is 29.5. The van der Waals surface area contributed by atoms with E-state index in [2.05, 4.69) is 43.4 Å². The van der Waals surface area contributed by atoms with E-state index in [0.29, 0.717) is 18.2 Å². The van der Waals surface area contributed by atoms with E-state index >= 15 is 0 Å². The second-order valence-corrected chi connectivity index (χ2v) is 19.3. The molecule has 39 heteroatoms. The average Bonchev–Trinajstić information content (AvgIpc) is 3.20. The zero-order valence-corrected chi connectivity index (χ0v) is 51.0. The fourth-order valence-corrected chi connectivity index (χ4v) is 9.27. The van der Waals surface area contributed by atoms with E-state index in [1.165, 1.54) is 0 Å². The van der Waals surface area contributed by atoms with Gasteiger partial charge in [-0.1, -0.05) is 0 Å². The van der Waals surface area contributed by atoms with Gasteiger partial charge in [-0.3, -0.25) is 18.4 Å². The van der Waals surface area contributed by atoms with Crippen molar-refractivity contribution in [2.75, 3.05) is 44.7 Å². The van der Waals surface area contributed by atoms with Crippen molar-refractivity contribution in [1.82, 2.24) is 0 Å². The van der Waals surface area contributed by atoms with Gasteiger partial charge in [0, 0.05) is 17.7 Å². The number of nitrogens with two attached hydrogens (primary N) is 1. The number of carbonyl (C=O) groups is 1. The zero-order valence-electron chi connectivity index (χ0n) is 36.1. The molecule has 0 heterocycles. The number of hydrogen-bond donors (Lipinski definition) is 2. The van der Waals surface area contributed by atoms with E-state index < -0.39 is 125 Å². The predicted molar refractivity (Wildman–Crippen MR) is 200 cm³/mol. The summed E-state index contributed by atoms with van der Waals surface area (Å²) in [5, 5.41) is 64.8. The molecule has 4 aromatic carbocycles. The number of ether oxygens (including phenoxy) is 2. The quantitative estimate of drug-likeness (QED) is 0.00801. The van der Waals surface area contributed by atoms with Gasteiger partial charge in [0.05, 0.1) is 88.4 Å². The van der Waals surface area contributed by atoms with Gasteiger partial charge >= 0.3 is 148 Å². The number of anilines is 1. The third kappa shape index (κ3) is 19.1. The summed E-state index contributed by atoms with van der Waals surface area (Å²) < 4.78 is 149. The second-order valence-electron chi connectivity index (χ2n) is 11.4. The molecule has 0 saturated heterocycles. The van der Waals surface area contributed by atoms with Crippen LogP contribution in [0.15, 0.2) is 82.5 Å². The van der Waals surface area contributed by atoms with Gasteiger partial charge in [-0.15, -0.1) is 24.8 Å². The summed E-state index contributed by atoms with van der Waals surface area (Å²) in [6.07, 6.45) is 0. The minimum Gasteiger partial charge on any atom is -0.744 e. The summed E-state index contributed by atoms with van der Waals surface area (Å²) in [7, 11) is -17.4. The fraction of sp³-hybridized carbons (Fsp3) is 0.207. The molecule has 0 aliphatic carbocycles. The van der Waals surface area contributed by atoms with Crippen molar-refractivity contribution in [3.05, 3.63) is 48.0 Å². The number of phenolic OH excluding ortho intramolecular Hbond substituents is 1. The molecule has 344 valence electrons. The Kier molecular flexibility index (Phi) is 32.1. The maximum atomic E-state index is 13.1. The number of nitrogens with zero attached hydrogens (tertiary/aromatic N) is 4. The van der Waals surface area contributed by atoms with Gasteiger partial charge in [-0.2, -0.15) is 4.33 Å². The molecule has 68 heavy (non-hydrogen) atoms. The van der Waals surface area contributed by atoms with Gasteiger partial charge in [0.15, 0.2) is 37.7 Å². The maximum absolute atomic E-state index is 13.1. The monoisotopic (exact) mass is 1120 g/mol. The van der Waals surface area contributed by atoms with Gasteiger partial charge in [0.1, 0.15) is 43.6 Å². The summed E-state index contributed by atoms with van der Waals surface area (Å²) in [6.45, 7) is -1.63. The molecule has 0 saturated carbocycles. The molecule has 0 atom stereocenters. The molecule has 0 aliphatic heterocycles. The van der Waals surface area contributed by atoms with Crippen molar-refractivity contribution in [1.29, 1.82) is 0 Å². The van der Waals surface area contributed by atoms with Crippen molar-refractivity contribution in [2.24, 2.45) is 20.5 Å². The van der Waals surface area contributed by atoms with Gasteiger partial charge < -0.3 is 49.8 Å². The molecule has 0 bridgehead atoms. The number of sulfone groups is 2. The number of carboxylic acid groups (broad SMARTS) is 1. The van der Waals surface area contributed by atoms with Crippen LogP contribution in [0.1, 0.15) is 10.4 Å². The Morgan fingerprint density at radius 1 is 0.721 bits per heavy atom.